The first-order chi connectivity index (χ1) is 18.6. The number of anilines is 1. The number of benzene rings is 3. The van der Waals surface area contributed by atoms with Gasteiger partial charge in [0.2, 0.25) is 5.91 Å². The summed E-state index contributed by atoms with van der Waals surface area (Å²) in [4.78, 5) is 29.0. The minimum Gasteiger partial charge on any atom is -0.360 e. The molecule has 2 aromatic heterocycles. The fraction of sp³-hybridized carbons (Fsp3) is 0.226. The Kier molecular flexibility index (Phi) is 7.14. The highest BCUT2D eigenvalue weighted by Crippen LogP contribution is 2.34. The van der Waals surface area contributed by atoms with Crippen LogP contribution in [-0.4, -0.2) is 36.7 Å². The summed E-state index contributed by atoms with van der Waals surface area (Å²) in [5, 5.41) is 13.3. The number of fused-ring (bicyclic) bond motifs is 1. The van der Waals surface area contributed by atoms with Crippen LogP contribution >= 0.6 is 11.8 Å². The van der Waals surface area contributed by atoms with Gasteiger partial charge in [-0.3, -0.25) is 14.2 Å². The smallest absolute Gasteiger partial charge is 0.229 e. The fourth-order valence-corrected chi connectivity index (χ4v) is 5.20. The third-order valence-electron chi connectivity index (χ3n) is 6.48. The van der Waals surface area contributed by atoms with Crippen LogP contribution in [0.4, 0.5) is 5.69 Å². The molecule has 0 aliphatic rings. The second-order valence-electron chi connectivity index (χ2n) is 10.6. The van der Waals surface area contributed by atoms with Crippen molar-refractivity contribution in [1.29, 1.82) is 0 Å². The molecule has 1 atom stereocenters. The van der Waals surface area contributed by atoms with E-state index in [1.165, 1.54) is 11.8 Å². The molecular formula is C31H31N5O2S. The molecule has 5 aromatic rings. The lowest BCUT2D eigenvalue weighted by molar-refractivity contribution is -0.123. The van der Waals surface area contributed by atoms with Gasteiger partial charge in [-0.05, 0) is 61.9 Å². The number of hydrogen-bond acceptors (Lipinski definition) is 5. The molecule has 0 spiro atoms. The number of aromatic nitrogens is 4. The highest BCUT2D eigenvalue weighted by molar-refractivity contribution is 8.00. The summed E-state index contributed by atoms with van der Waals surface area (Å²) < 4.78 is 2.02. The first kappa shape index (κ1) is 26.4. The van der Waals surface area contributed by atoms with Crippen molar-refractivity contribution in [3.8, 4) is 17.1 Å². The van der Waals surface area contributed by atoms with Crippen LogP contribution in [0.15, 0.2) is 84.1 Å². The molecule has 0 radical (unpaired) electrons. The van der Waals surface area contributed by atoms with Gasteiger partial charge in [0.1, 0.15) is 0 Å². The van der Waals surface area contributed by atoms with Gasteiger partial charge in [-0.1, -0.05) is 62.9 Å². The summed E-state index contributed by atoms with van der Waals surface area (Å²) in [5.41, 5.74) is 4.74. The lowest BCUT2D eigenvalue weighted by Crippen LogP contribution is -2.27. The predicted octanol–water partition coefficient (Wildman–Crippen LogP) is 7.07. The van der Waals surface area contributed by atoms with Crippen LogP contribution in [0.25, 0.3) is 28.0 Å². The number of ketones is 1. The van der Waals surface area contributed by atoms with E-state index in [2.05, 4.69) is 32.6 Å². The van der Waals surface area contributed by atoms with Crippen LogP contribution in [0.1, 0.15) is 43.6 Å². The second kappa shape index (κ2) is 10.5. The van der Waals surface area contributed by atoms with E-state index in [1.807, 2.05) is 81.8 Å². The summed E-state index contributed by atoms with van der Waals surface area (Å²) >= 11 is 1.38. The quantitative estimate of drug-likeness (QED) is 0.171. The molecule has 0 fully saturated rings. The Hall–Kier alpha value is -4.17. The lowest BCUT2D eigenvalue weighted by Gasteiger charge is -2.18. The number of carbonyl (C=O) groups excluding carboxylic acids is 2. The van der Waals surface area contributed by atoms with E-state index in [0.717, 1.165) is 27.7 Å². The lowest BCUT2D eigenvalue weighted by atomic mass is 9.95. The standard InChI is InChI=1S/C31H31N5O2S/c1-19-9-8-10-23(17-19)36-28(25-18-32-26-12-7-6-11-24(25)26)34-35-30(36)39-20(2)27(37)21-13-15-22(16-14-21)33-29(38)31(3,4)5/h6-18,20,32H,1-5H3,(H,33,38)/t20-/m0/s1. The number of nitrogens with one attached hydrogen (secondary N) is 2. The Balaban J connectivity index is 1.44. The Morgan fingerprint density at radius 3 is 2.44 bits per heavy atom. The second-order valence-corrected chi connectivity index (χ2v) is 11.9. The normalized spacial score (nSPS) is 12.4. The highest BCUT2D eigenvalue weighted by atomic mass is 32.2. The van der Waals surface area contributed by atoms with Crippen molar-refractivity contribution in [3.63, 3.8) is 0 Å². The van der Waals surface area contributed by atoms with Crippen LogP contribution in [0.3, 0.4) is 0 Å². The molecule has 198 valence electrons. The van der Waals surface area contributed by atoms with Crippen LogP contribution in [-0.2, 0) is 4.79 Å². The molecule has 8 heteroatoms. The van der Waals surface area contributed by atoms with Crippen molar-refractivity contribution in [3.05, 3.63) is 90.1 Å². The molecule has 0 saturated heterocycles. The summed E-state index contributed by atoms with van der Waals surface area (Å²) in [7, 11) is 0. The summed E-state index contributed by atoms with van der Waals surface area (Å²) in [6, 6.07) is 23.3. The van der Waals surface area contributed by atoms with Crippen LogP contribution < -0.4 is 5.32 Å². The average molecular weight is 538 g/mol. The van der Waals surface area contributed by atoms with Gasteiger partial charge in [-0.2, -0.15) is 0 Å². The van der Waals surface area contributed by atoms with Crippen LogP contribution in [0, 0.1) is 12.3 Å². The summed E-state index contributed by atoms with van der Waals surface area (Å²) in [6.45, 7) is 9.50. The van der Waals surface area contributed by atoms with E-state index >= 15 is 0 Å². The number of rotatable bonds is 7. The number of amides is 1. The number of nitrogens with zero attached hydrogens (tertiary/aromatic N) is 3. The van der Waals surface area contributed by atoms with Gasteiger partial charge in [0.25, 0.3) is 0 Å². The maximum atomic E-state index is 13.4. The number of aryl methyl sites for hydroxylation is 1. The Morgan fingerprint density at radius 1 is 0.974 bits per heavy atom. The van der Waals surface area contributed by atoms with Gasteiger partial charge in [-0.25, -0.2) is 0 Å². The van der Waals surface area contributed by atoms with Gasteiger partial charge in [0.15, 0.2) is 16.8 Å². The zero-order valence-electron chi connectivity index (χ0n) is 22.6. The minimum atomic E-state index is -0.502. The van der Waals surface area contributed by atoms with E-state index in [0.29, 0.717) is 22.2 Å². The maximum Gasteiger partial charge on any atom is 0.229 e. The van der Waals surface area contributed by atoms with Gasteiger partial charge in [-0.15, -0.1) is 10.2 Å². The molecule has 1 amide bonds. The number of carbonyl (C=O) groups is 2. The Labute approximate surface area is 232 Å². The number of aromatic amines is 1. The van der Waals surface area contributed by atoms with E-state index in [-0.39, 0.29) is 11.7 Å². The van der Waals surface area contributed by atoms with Crippen molar-refractivity contribution in [2.45, 2.75) is 45.0 Å². The van der Waals surface area contributed by atoms with Crippen molar-refractivity contribution in [2.24, 2.45) is 5.41 Å². The van der Waals surface area contributed by atoms with E-state index in [4.69, 9.17) is 0 Å². The first-order valence-electron chi connectivity index (χ1n) is 12.8. The molecule has 2 N–H and O–H groups in total. The van der Waals surface area contributed by atoms with E-state index in [1.54, 1.807) is 24.3 Å². The number of H-pyrrole nitrogens is 1. The molecule has 0 aliphatic heterocycles. The van der Waals surface area contributed by atoms with Crippen molar-refractivity contribution in [2.75, 3.05) is 5.32 Å². The largest absolute Gasteiger partial charge is 0.360 e. The molecule has 2 heterocycles. The number of Topliss-reactive ketones (excluding diaryl/α,β-unsaturated/α-hetero) is 1. The van der Waals surface area contributed by atoms with Crippen molar-refractivity contribution in [1.82, 2.24) is 19.7 Å². The third kappa shape index (κ3) is 5.52. The first-order valence-corrected chi connectivity index (χ1v) is 13.7. The van der Waals surface area contributed by atoms with Gasteiger partial charge >= 0.3 is 0 Å². The molecule has 0 saturated carbocycles. The van der Waals surface area contributed by atoms with E-state index in [9.17, 15) is 9.59 Å². The highest BCUT2D eigenvalue weighted by Gasteiger charge is 2.25. The Bertz CT molecular complexity index is 1660. The minimum absolute atomic E-state index is 0.0267. The molecule has 5 rings (SSSR count). The number of para-hydroxylation sites is 1. The van der Waals surface area contributed by atoms with Crippen molar-refractivity contribution < 1.29 is 9.59 Å². The molecule has 0 bridgehead atoms. The molecule has 3 aromatic carbocycles. The summed E-state index contributed by atoms with van der Waals surface area (Å²) in [5.74, 6) is 0.604. The fourth-order valence-electron chi connectivity index (χ4n) is 4.26. The summed E-state index contributed by atoms with van der Waals surface area (Å²) in [6.07, 6.45) is 1.95. The maximum absolute atomic E-state index is 13.4. The number of thioether (sulfide) groups is 1. The van der Waals surface area contributed by atoms with Gasteiger partial charge in [0.05, 0.1) is 5.25 Å². The van der Waals surface area contributed by atoms with E-state index < -0.39 is 10.7 Å². The topological polar surface area (TPSA) is 92.7 Å². The Morgan fingerprint density at radius 2 is 1.72 bits per heavy atom. The predicted molar refractivity (Wildman–Crippen MR) is 158 cm³/mol. The van der Waals surface area contributed by atoms with Gasteiger partial charge < -0.3 is 10.3 Å². The van der Waals surface area contributed by atoms with Gasteiger partial charge in [0, 0.05) is 45.0 Å². The SMILES string of the molecule is Cc1cccc(-n2c(S[C@@H](C)C(=O)c3ccc(NC(=O)C(C)(C)C)cc3)nnc2-c2c[nH]c3ccccc23)c1. The molecule has 7 nitrogen and oxygen atoms in total. The molecule has 0 unspecified atom stereocenters. The molecule has 39 heavy (non-hydrogen) atoms. The average Bonchev–Trinajstić information content (AvgIpc) is 3.52. The zero-order chi connectivity index (χ0) is 27.7. The third-order valence-corrected chi connectivity index (χ3v) is 7.53. The van der Waals surface area contributed by atoms with Crippen LogP contribution in [0.5, 0.6) is 0 Å². The zero-order valence-corrected chi connectivity index (χ0v) is 23.5. The van der Waals surface area contributed by atoms with Crippen LogP contribution in [0.2, 0.25) is 0 Å². The monoisotopic (exact) mass is 537 g/mol. The van der Waals surface area contributed by atoms with Crippen molar-refractivity contribution >= 4 is 40.0 Å². The molecular weight excluding hydrogens is 506 g/mol. The number of hydrogen-bond donors (Lipinski definition) is 2. The molecule has 0 aliphatic carbocycles.